The number of nitrogens with zero attached hydrogens (tertiary/aromatic N) is 2. The molecule has 7 nitrogen and oxygen atoms in total. The van der Waals surface area contributed by atoms with E-state index in [0.29, 0.717) is 17.3 Å². The molecular formula is C29H34ClN3O4S. The molecule has 0 saturated heterocycles. The van der Waals surface area contributed by atoms with Crippen molar-refractivity contribution in [1.82, 2.24) is 10.2 Å². The summed E-state index contributed by atoms with van der Waals surface area (Å²) in [6.07, 6.45) is 1.54. The molecule has 3 aromatic rings. The third-order valence-electron chi connectivity index (χ3n) is 6.20. The monoisotopic (exact) mass is 555 g/mol. The van der Waals surface area contributed by atoms with Gasteiger partial charge in [-0.15, -0.1) is 0 Å². The molecule has 1 unspecified atom stereocenters. The van der Waals surface area contributed by atoms with Crippen LogP contribution in [-0.2, 0) is 32.6 Å². The lowest BCUT2D eigenvalue weighted by atomic mass is 10.1. The van der Waals surface area contributed by atoms with Crippen molar-refractivity contribution in [3.05, 3.63) is 95.0 Å². The van der Waals surface area contributed by atoms with Gasteiger partial charge in [-0.05, 0) is 67.3 Å². The molecule has 0 spiro atoms. The number of hydrogen-bond donors (Lipinski definition) is 1. The molecule has 0 aliphatic rings. The number of nitrogens with one attached hydrogen (secondary N) is 1. The number of halogens is 1. The molecule has 0 aliphatic carbocycles. The molecule has 3 rings (SSSR count). The first kappa shape index (κ1) is 29.2. The van der Waals surface area contributed by atoms with Crippen LogP contribution in [0.5, 0.6) is 0 Å². The lowest BCUT2D eigenvalue weighted by molar-refractivity contribution is -0.139. The summed E-state index contributed by atoms with van der Waals surface area (Å²) >= 11 is 6.16. The molecule has 0 saturated carbocycles. The Hall–Kier alpha value is -3.36. The van der Waals surface area contributed by atoms with Crippen LogP contribution >= 0.6 is 11.6 Å². The van der Waals surface area contributed by atoms with Gasteiger partial charge in [-0.2, -0.15) is 0 Å². The van der Waals surface area contributed by atoms with Crippen LogP contribution in [0.25, 0.3) is 0 Å². The van der Waals surface area contributed by atoms with Gasteiger partial charge in [0.25, 0.3) is 10.0 Å². The predicted molar refractivity (Wildman–Crippen MR) is 152 cm³/mol. The van der Waals surface area contributed by atoms with Gasteiger partial charge in [0, 0.05) is 18.1 Å². The van der Waals surface area contributed by atoms with Crippen LogP contribution in [0.1, 0.15) is 38.3 Å². The van der Waals surface area contributed by atoms with Crippen LogP contribution in [0.4, 0.5) is 5.69 Å². The standard InChI is InChI=1S/C29H34ClN3O4S/c1-4-18-31-29(35)22(3)32(20-24-10-9-11-25(30)19-24)28(34)21-33(26-16-14-23(5-2)15-17-26)38(36,37)27-12-7-6-8-13-27/h6-17,19,22H,4-5,18,20-21H2,1-3H3,(H,31,35). The van der Waals surface area contributed by atoms with E-state index >= 15 is 0 Å². The van der Waals surface area contributed by atoms with Gasteiger partial charge in [-0.25, -0.2) is 8.42 Å². The van der Waals surface area contributed by atoms with Crippen molar-refractivity contribution in [2.75, 3.05) is 17.4 Å². The summed E-state index contributed by atoms with van der Waals surface area (Å²) in [5, 5.41) is 3.33. The highest BCUT2D eigenvalue weighted by Crippen LogP contribution is 2.25. The summed E-state index contributed by atoms with van der Waals surface area (Å²) in [6, 6.07) is 21.3. The zero-order valence-corrected chi connectivity index (χ0v) is 23.5. The average Bonchev–Trinajstić information content (AvgIpc) is 2.93. The van der Waals surface area contributed by atoms with Gasteiger partial charge >= 0.3 is 0 Å². The summed E-state index contributed by atoms with van der Waals surface area (Å²) in [5.41, 5.74) is 2.14. The first-order valence-corrected chi connectivity index (χ1v) is 14.5. The average molecular weight is 556 g/mol. The molecule has 0 fully saturated rings. The Labute approximate surface area is 230 Å². The minimum atomic E-state index is -4.08. The van der Waals surface area contributed by atoms with E-state index in [1.165, 1.54) is 17.0 Å². The number of carbonyl (C=O) groups excluding carboxylic acids is 2. The van der Waals surface area contributed by atoms with Crippen molar-refractivity contribution in [3.63, 3.8) is 0 Å². The lowest BCUT2D eigenvalue weighted by Crippen LogP contribution is -2.51. The zero-order valence-electron chi connectivity index (χ0n) is 21.9. The topological polar surface area (TPSA) is 86.8 Å². The number of anilines is 1. The minimum absolute atomic E-state index is 0.0718. The third kappa shape index (κ3) is 7.36. The molecule has 9 heteroatoms. The van der Waals surface area contributed by atoms with Crippen molar-refractivity contribution in [2.24, 2.45) is 0 Å². The number of benzene rings is 3. The van der Waals surface area contributed by atoms with Crippen LogP contribution in [0, 0.1) is 0 Å². The van der Waals surface area contributed by atoms with E-state index in [1.54, 1.807) is 55.5 Å². The molecule has 3 aromatic carbocycles. The summed E-state index contributed by atoms with van der Waals surface area (Å²) in [7, 11) is -4.08. The van der Waals surface area contributed by atoms with Gasteiger partial charge in [0.1, 0.15) is 12.6 Å². The fourth-order valence-corrected chi connectivity index (χ4v) is 5.60. The Morgan fingerprint density at radius 1 is 0.921 bits per heavy atom. The molecule has 0 radical (unpaired) electrons. The first-order chi connectivity index (χ1) is 18.2. The molecule has 0 bridgehead atoms. The highest BCUT2D eigenvalue weighted by Gasteiger charge is 2.32. The smallest absolute Gasteiger partial charge is 0.264 e. The molecule has 1 atom stereocenters. The zero-order chi connectivity index (χ0) is 27.7. The largest absolute Gasteiger partial charge is 0.354 e. The van der Waals surface area contributed by atoms with Crippen molar-refractivity contribution in [1.29, 1.82) is 0 Å². The molecule has 0 aliphatic heterocycles. The van der Waals surface area contributed by atoms with E-state index in [-0.39, 0.29) is 17.3 Å². The predicted octanol–water partition coefficient (Wildman–Crippen LogP) is 5.04. The van der Waals surface area contributed by atoms with Gasteiger partial charge in [0.15, 0.2) is 0 Å². The van der Waals surface area contributed by atoms with E-state index in [9.17, 15) is 18.0 Å². The number of rotatable bonds is 12. The highest BCUT2D eigenvalue weighted by molar-refractivity contribution is 7.92. The van der Waals surface area contributed by atoms with Crippen LogP contribution < -0.4 is 9.62 Å². The second-order valence-corrected chi connectivity index (χ2v) is 11.3. The van der Waals surface area contributed by atoms with E-state index < -0.39 is 28.5 Å². The molecular weight excluding hydrogens is 522 g/mol. The maximum absolute atomic E-state index is 13.8. The van der Waals surface area contributed by atoms with Gasteiger partial charge in [-0.1, -0.05) is 67.9 Å². The second kappa shape index (κ2) is 13.4. The number of sulfonamides is 1. The van der Waals surface area contributed by atoms with Crippen molar-refractivity contribution >= 4 is 39.1 Å². The van der Waals surface area contributed by atoms with Crippen molar-refractivity contribution < 1.29 is 18.0 Å². The summed E-state index contributed by atoms with van der Waals surface area (Å²) < 4.78 is 28.6. The quantitative estimate of drug-likeness (QED) is 0.339. The molecule has 2 amide bonds. The van der Waals surface area contributed by atoms with E-state index in [1.807, 2.05) is 32.0 Å². The van der Waals surface area contributed by atoms with Crippen LogP contribution in [0.2, 0.25) is 5.02 Å². The van der Waals surface area contributed by atoms with E-state index in [4.69, 9.17) is 11.6 Å². The van der Waals surface area contributed by atoms with E-state index in [0.717, 1.165) is 28.3 Å². The summed E-state index contributed by atoms with van der Waals surface area (Å²) in [4.78, 5) is 28.2. The van der Waals surface area contributed by atoms with Crippen LogP contribution in [-0.4, -0.2) is 44.3 Å². The number of aryl methyl sites for hydroxylation is 1. The van der Waals surface area contributed by atoms with Gasteiger partial charge in [0.2, 0.25) is 11.8 Å². The fourth-order valence-electron chi connectivity index (χ4n) is 3.96. The molecule has 0 heterocycles. The molecule has 38 heavy (non-hydrogen) atoms. The van der Waals surface area contributed by atoms with Crippen LogP contribution in [0.15, 0.2) is 83.8 Å². The third-order valence-corrected chi connectivity index (χ3v) is 8.22. The maximum atomic E-state index is 13.8. The lowest BCUT2D eigenvalue weighted by Gasteiger charge is -2.32. The Bertz CT molecular complexity index is 1330. The SMILES string of the molecule is CCCNC(=O)C(C)N(Cc1cccc(Cl)c1)C(=O)CN(c1ccc(CC)cc1)S(=O)(=O)c1ccccc1. The number of amides is 2. The fraction of sp³-hybridized carbons (Fsp3) is 0.310. The van der Waals surface area contributed by atoms with Crippen LogP contribution in [0.3, 0.4) is 0 Å². The molecule has 1 N–H and O–H groups in total. The number of carbonyl (C=O) groups is 2. The Morgan fingerprint density at radius 2 is 1.61 bits per heavy atom. The van der Waals surface area contributed by atoms with Crippen molar-refractivity contribution in [3.8, 4) is 0 Å². The first-order valence-electron chi connectivity index (χ1n) is 12.7. The maximum Gasteiger partial charge on any atom is 0.264 e. The minimum Gasteiger partial charge on any atom is -0.354 e. The normalized spacial score (nSPS) is 12.0. The Morgan fingerprint density at radius 3 is 2.21 bits per heavy atom. The second-order valence-electron chi connectivity index (χ2n) is 8.96. The van der Waals surface area contributed by atoms with Gasteiger partial charge in [-0.3, -0.25) is 13.9 Å². The molecule has 202 valence electrons. The van der Waals surface area contributed by atoms with Crippen molar-refractivity contribution in [2.45, 2.75) is 51.1 Å². The highest BCUT2D eigenvalue weighted by atomic mass is 35.5. The number of hydrogen-bond acceptors (Lipinski definition) is 4. The summed E-state index contributed by atoms with van der Waals surface area (Å²) in [6.45, 7) is 5.68. The summed E-state index contributed by atoms with van der Waals surface area (Å²) in [5.74, 6) is -0.824. The van der Waals surface area contributed by atoms with Gasteiger partial charge in [0.05, 0.1) is 10.6 Å². The Kier molecular flexibility index (Phi) is 10.3. The van der Waals surface area contributed by atoms with E-state index in [2.05, 4.69) is 5.32 Å². The molecule has 0 aromatic heterocycles. The Balaban J connectivity index is 2.01. The van der Waals surface area contributed by atoms with Gasteiger partial charge < -0.3 is 10.2 Å².